The largest absolute Gasteiger partial charge is 0.748 e. The molecule has 1 heterocycles. The van der Waals surface area contributed by atoms with Gasteiger partial charge in [-0.2, -0.15) is 12.1 Å². The van der Waals surface area contributed by atoms with Crippen LogP contribution in [0.4, 0.5) is 5.13 Å². The average Bonchev–Trinajstić information content (AvgIpc) is 3.16. The van der Waals surface area contributed by atoms with Crippen LogP contribution in [0.25, 0.3) is 0 Å². The first-order valence-electron chi connectivity index (χ1n) is 5.61. The van der Waals surface area contributed by atoms with Crippen LogP contribution in [0.15, 0.2) is 60.1 Å². The van der Waals surface area contributed by atoms with Crippen LogP contribution in [-0.2, 0) is 17.1 Å². The number of hydrogen-bond acceptors (Lipinski definition) is 5. The molecule has 2 N–H and O–H groups in total. The number of nitrogen functional groups attached to an aromatic ring is 1. The third-order valence-corrected chi connectivity index (χ3v) is 2.52. The van der Waals surface area contributed by atoms with Crippen LogP contribution in [0.3, 0.4) is 0 Å². The number of carbonyl (C=O) groups is 1. The first-order chi connectivity index (χ1) is 9.20. The molecule has 0 aliphatic rings. The average molecular weight is 329 g/mol. The molecule has 3 aromatic rings. The Morgan fingerprint density at radius 1 is 1.20 bits per heavy atom. The minimum Gasteiger partial charge on any atom is -0.748 e. The fourth-order valence-electron chi connectivity index (χ4n) is 1.11. The van der Waals surface area contributed by atoms with E-state index in [1.165, 1.54) is 11.3 Å². The Balaban J connectivity index is 0.000000271. The number of hydrogen-bond donors (Lipinski definition) is 1. The van der Waals surface area contributed by atoms with E-state index in [1.807, 2.05) is 54.6 Å². The molecular weight excluding hydrogens is 314 g/mol. The zero-order valence-electron chi connectivity index (χ0n) is 10.9. The molecule has 0 amide bonds. The molecule has 1 aromatic heterocycles. The van der Waals surface area contributed by atoms with Gasteiger partial charge in [-0.3, -0.25) is 0 Å². The second-order valence-electron chi connectivity index (χ2n) is 3.47. The van der Waals surface area contributed by atoms with Gasteiger partial charge in [0.25, 0.3) is 0 Å². The van der Waals surface area contributed by atoms with Crippen molar-refractivity contribution in [3.8, 4) is 0 Å². The molecule has 6 heteroatoms. The zero-order valence-corrected chi connectivity index (χ0v) is 12.8. The van der Waals surface area contributed by atoms with Crippen LogP contribution in [0.1, 0.15) is 17.3 Å². The van der Waals surface area contributed by atoms with Crippen molar-refractivity contribution in [1.29, 1.82) is 0 Å². The summed E-state index contributed by atoms with van der Waals surface area (Å²) in [6.07, 6.45) is 0. The van der Waals surface area contributed by atoms with E-state index < -0.39 is 0 Å². The summed E-state index contributed by atoms with van der Waals surface area (Å²) in [4.78, 5) is 10.5. The van der Waals surface area contributed by atoms with Gasteiger partial charge in [-0.05, 0) is 6.92 Å². The van der Waals surface area contributed by atoms with E-state index in [4.69, 9.17) is 5.73 Å². The molecule has 0 aliphatic carbocycles. The van der Waals surface area contributed by atoms with Crippen molar-refractivity contribution in [3.63, 3.8) is 0 Å². The number of aromatic nitrogens is 2. The molecule has 112 valence electrons. The van der Waals surface area contributed by atoms with Crippen LogP contribution < -0.4 is 5.73 Å². The number of nitrogens with two attached hydrogens (primary N) is 1. The van der Waals surface area contributed by atoms with Crippen LogP contribution in [-0.4, -0.2) is 16.0 Å². The fourth-order valence-corrected chi connectivity index (χ4v) is 1.41. The Bertz CT molecular complexity index is 516. The number of anilines is 1. The number of Topliss-reactive ketones (excluding diaryl/α,β-unsaturated/α-hetero) is 1. The van der Waals surface area contributed by atoms with Crippen LogP contribution >= 0.6 is 11.3 Å². The molecule has 0 spiro atoms. The van der Waals surface area contributed by atoms with Gasteiger partial charge in [-0.25, -0.2) is 12.1 Å². The van der Waals surface area contributed by atoms with Crippen molar-refractivity contribution in [2.75, 3.05) is 5.73 Å². The summed E-state index contributed by atoms with van der Waals surface area (Å²) in [5.41, 5.74) is 7.51. The molecule has 4 nitrogen and oxygen atoms in total. The van der Waals surface area contributed by atoms with E-state index in [9.17, 15) is 4.79 Å². The maximum atomic E-state index is 10.5. The molecule has 20 heavy (non-hydrogen) atoms. The van der Waals surface area contributed by atoms with Crippen molar-refractivity contribution >= 4 is 22.3 Å². The molecular formula is C14H15FeN3OS-6. The van der Waals surface area contributed by atoms with Crippen LogP contribution in [0, 0.1) is 0 Å². The molecule has 0 unspecified atom stereocenters. The molecule has 0 radical (unpaired) electrons. The van der Waals surface area contributed by atoms with Gasteiger partial charge >= 0.3 is 0 Å². The number of nitrogens with zero attached hydrogens (tertiary/aromatic N) is 2. The summed E-state index contributed by atoms with van der Waals surface area (Å²) < 4.78 is 0. The second kappa shape index (κ2) is 11.1. The first kappa shape index (κ1) is 18.2. The van der Waals surface area contributed by atoms with Gasteiger partial charge in [-0.15, -0.1) is 10.2 Å². The number of carbonyl (C=O) groups excluding carboxylic acids is 1. The van der Waals surface area contributed by atoms with Gasteiger partial charge in [0.1, 0.15) is 11.3 Å². The maximum absolute atomic E-state index is 10.5. The number of ketones is 1. The third-order valence-electron chi connectivity index (χ3n) is 2.00. The van der Waals surface area contributed by atoms with E-state index in [-0.39, 0.29) is 22.9 Å². The summed E-state index contributed by atoms with van der Waals surface area (Å²) in [6.45, 7) is 1.56. The summed E-state index contributed by atoms with van der Waals surface area (Å²) in [6, 6.07) is 17.3. The van der Waals surface area contributed by atoms with Crippen LogP contribution in [0.2, 0.25) is 0 Å². The van der Waals surface area contributed by atoms with Crippen molar-refractivity contribution in [2.45, 2.75) is 6.92 Å². The minimum atomic E-state index is 0. The predicted octanol–water partition coefficient (Wildman–Crippen LogP) is 3.13. The second-order valence-corrected chi connectivity index (χ2v) is 4.33. The van der Waals surface area contributed by atoms with Gasteiger partial charge in [-0.1, -0.05) is 16.9 Å². The minimum absolute atomic E-state index is 0. The molecule has 0 fully saturated rings. The zero-order chi connectivity index (χ0) is 13.9. The monoisotopic (exact) mass is 329 g/mol. The normalized spacial score (nSPS) is 8.25. The van der Waals surface area contributed by atoms with E-state index >= 15 is 0 Å². The van der Waals surface area contributed by atoms with E-state index in [1.54, 1.807) is 12.4 Å². The standard InChI is InChI=1S/C7H7O.C5H5.C2H3N3S.Fe/c1-6(8)7-4-2-3-5-7;1-2-4-5-3-1;3-2-5-4-1-6-2;/h2-5H,1H3;1-5H;1H,(H2,3,5);/q-1;-5;;. The van der Waals surface area contributed by atoms with Gasteiger partial charge < -0.3 is 40.9 Å². The van der Waals surface area contributed by atoms with Gasteiger partial charge in [0.2, 0.25) is 5.13 Å². The Kier molecular flexibility index (Phi) is 10.1. The van der Waals surface area contributed by atoms with Crippen molar-refractivity contribution in [2.24, 2.45) is 0 Å². The number of rotatable bonds is 1. The Labute approximate surface area is 132 Å². The quantitative estimate of drug-likeness (QED) is 0.423. The topological polar surface area (TPSA) is 68.9 Å². The molecule has 2 aromatic carbocycles. The summed E-state index contributed by atoms with van der Waals surface area (Å²) in [5.74, 6) is 0.134. The summed E-state index contributed by atoms with van der Waals surface area (Å²) in [7, 11) is 0. The van der Waals surface area contributed by atoms with Gasteiger partial charge in [0.05, 0.1) is 0 Å². The van der Waals surface area contributed by atoms with Gasteiger partial charge in [0, 0.05) is 17.1 Å². The van der Waals surface area contributed by atoms with E-state index in [0.29, 0.717) is 5.13 Å². The Hall–Kier alpha value is -1.75. The third kappa shape index (κ3) is 8.37. The first-order valence-corrected chi connectivity index (χ1v) is 6.49. The van der Waals surface area contributed by atoms with Crippen LogP contribution in [0.5, 0.6) is 0 Å². The van der Waals surface area contributed by atoms with Gasteiger partial charge in [0.15, 0.2) is 0 Å². The Morgan fingerprint density at radius 2 is 1.70 bits per heavy atom. The van der Waals surface area contributed by atoms with Crippen molar-refractivity contribution < 1.29 is 21.9 Å². The smallest absolute Gasteiger partial charge is 0.202 e. The summed E-state index contributed by atoms with van der Waals surface area (Å²) in [5, 5.41) is 7.45. The molecule has 0 saturated carbocycles. The Morgan fingerprint density at radius 3 is 1.90 bits per heavy atom. The van der Waals surface area contributed by atoms with Crippen molar-refractivity contribution in [3.05, 3.63) is 65.7 Å². The predicted molar refractivity (Wildman–Crippen MR) is 78.4 cm³/mol. The van der Waals surface area contributed by atoms with E-state index in [2.05, 4.69) is 10.2 Å². The maximum Gasteiger partial charge on any atom is 0.202 e. The molecule has 0 atom stereocenters. The molecule has 0 aliphatic heterocycles. The summed E-state index contributed by atoms with van der Waals surface area (Å²) >= 11 is 1.33. The fraction of sp³-hybridized carbons (Fsp3) is 0.0714. The molecule has 3 rings (SSSR count). The molecule has 0 bridgehead atoms. The van der Waals surface area contributed by atoms with Crippen molar-refractivity contribution in [1.82, 2.24) is 10.2 Å². The van der Waals surface area contributed by atoms with E-state index in [0.717, 1.165) is 5.56 Å². The molecule has 0 saturated heterocycles. The SMILES string of the molecule is CC(=O)[c-]1cccc1.Nc1nncs1.[Fe].[cH-]1[cH-][cH-][cH-][cH-]1.